The zero-order valence-electron chi connectivity index (χ0n) is 15.5. The average Bonchev–Trinajstić information content (AvgIpc) is 2.38. The van der Waals surface area contributed by atoms with Gasteiger partial charge in [0.25, 0.3) is 0 Å². The van der Waals surface area contributed by atoms with Gasteiger partial charge in [0.15, 0.2) is 0 Å². The minimum atomic E-state index is -3.98. The van der Waals surface area contributed by atoms with Crippen molar-refractivity contribution >= 4 is 7.82 Å². The summed E-state index contributed by atoms with van der Waals surface area (Å²) in [6, 6.07) is 8.53. The van der Waals surface area contributed by atoms with Gasteiger partial charge in [0.2, 0.25) is 0 Å². The molecule has 0 heterocycles. The van der Waals surface area contributed by atoms with Gasteiger partial charge in [-0.15, -0.1) is 0 Å². The van der Waals surface area contributed by atoms with Crippen LogP contribution in [0.25, 0.3) is 0 Å². The molecule has 21 heavy (non-hydrogen) atoms. The molecule has 1 atom stereocenters. The van der Waals surface area contributed by atoms with E-state index in [0.717, 1.165) is 19.3 Å². The molecular weight excluding hydrogens is 309 g/mol. The minimum absolute atomic E-state index is 0. The van der Waals surface area contributed by atoms with Gasteiger partial charge in [0.1, 0.15) is 5.75 Å². The number of unbranched alkanes of at least 4 members (excludes halogenated alkanes) is 5. The minimum Gasteiger partial charge on any atom is -1.00 e. The van der Waals surface area contributed by atoms with Crippen molar-refractivity contribution in [3.05, 3.63) is 30.3 Å². The Morgan fingerprint density at radius 3 is 2.24 bits per heavy atom. The van der Waals surface area contributed by atoms with E-state index in [2.05, 4.69) is 6.92 Å². The molecule has 0 spiro atoms. The van der Waals surface area contributed by atoms with Crippen LogP contribution in [0.2, 0.25) is 0 Å². The van der Waals surface area contributed by atoms with Crippen molar-refractivity contribution in [2.75, 3.05) is 6.61 Å². The maximum atomic E-state index is 11.6. The van der Waals surface area contributed by atoms with Crippen LogP contribution < -0.4 is 63.6 Å². The first-order valence-electron chi connectivity index (χ1n) is 6.86. The van der Waals surface area contributed by atoms with Crippen molar-refractivity contribution in [2.24, 2.45) is 0 Å². The van der Waals surface area contributed by atoms with E-state index >= 15 is 0 Å². The van der Waals surface area contributed by atoms with Crippen LogP contribution in [0.1, 0.15) is 48.3 Å². The largest absolute Gasteiger partial charge is 1.00 e. The zero-order chi connectivity index (χ0) is 14.0. The molecule has 1 aromatic rings. The first-order valence-corrected chi connectivity index (χ1v) is 8.35. The molecule has 0 aliphatic rings. The monoisotopic (exact) mass is 334 g/mol. The molecule has 0 aromatic heterocycles. The first-order chi connectivity index (χ1) is 9.14. The Balaban J connectivity index is -0.000000451. The summed E-state index contributed by atoms with van der Waals surface area (Å²) in [4.78, 5) is 9.52. The van der Waals surface area contributed by atoms with E-state index in [4.69, 9.17) is 9.05 Å². The second-order valence-electron chi connectivity index (χ2n) is 4.47. The fourth-order valence-electron chi connectivity index (χ4n) is 1.70. The molecule has 1 unspecified atom stereocenters. The van der Waals surface area contributed by atoms with Gasteiger partial charge in [-0.2, -0.15) is 0 Å². The van der Waals surface area contributed by atoms with Crippen LogP contribution in [0.5, 0.6) is 5.75 Å². The van der Waals surface area contributed by atoms with Gasteiger partial charge in [-0.1, -0.05) is 57.2 Å². The molecule has 7 heteroatoms. The third-order valence-corrected chi connectivity index (χ3v) is 3.67. The Morgan fingerprint density at radius 2 is 1.62 bits per heavy atom. The van der Waals surface area contributed by atoms with Gasteiger partial charge >= 0.3 is 66.9 Å². The van der Waals surface area contributed by atoms with E-state index in [1.807, 2.05) is 6.07 Å². The third-order valence-electron chi connectivity index (χ3n) is 2.72. The fraction of sp³-hybridized carbons (Fsp3) is 0.571. The standard InChI is InChI=1S/C14H23O4P.2Na.2H/c1-2-3-4-5-6-10-13-17-19(15,16)18-14-11-8-7-9-12-14;;;;/h7-9,11-12H,2-6,10,13H2,1H3,(H,15,16);;;;/q;2*+1;2*-1. The van der Waals surface area contributed by atoms with Gasteiger partial charge in [-0.25, -0.2) is 4.57 Å². The maximum Gasteiger partial charge on any atom is 1.00 e. The Labute approximate surface area is 175 Å². The summed E-state index contributed by atoms with van der Waals surface area (Å²) in [5.41, 5.74) is 0. The van der Waals surface area contributed by atoms with Crippen molar-refractivity contribution in [3.8, 4) is 5.75 Å². The number of hydrogen-bond acceptors (Lipinski definition) is 3. The second-order valence-corrected chi connectivity index (χ2v) is 5.85. The topological polar surface area (TPSA) is 55.8 Å². The first kappa shape index (κ1) is 24.4. The normalized spacial score (nSPS) is 12.7. The number of phosphoric acid groups is 1. The van der Waals surface area contributed by atoms with Crippen molar-refractivity contribution in [1.29, 1.82) is 0 Å². The summed E-state index contributed by atoms with van der Waals surface area (Å²) >= 11 is 0. The van der Waals surface area contributed by atoms with Crippen molar-refractivity contribution in [2.45, 2.75) is 45.4 Å². The number of phosphoric ester groups is 1. The number of hydrogen-bond donors (Lipinski definition) is 1. The van der Waals surface area contributed by atoms with Crippen molar-refractivity contribution < 1.29 is 80.5 Å². The summed E-state index contributed by atoms with van der Waals surface area (Å²) < 4.78 is 21.5. The maximum absolute atomic E-state index is 11.6. The van der Waals surface area contributed by atoms with E-state index < -0.39 is 7.82 Å². The molecular formula is C14H25Na2O4P. The molecule has 0 saturated heterocycles. The summed E-state index contributed by atoms with van der Waals surface area (Å²) in [7, 11) is -3.98. The van der Waals surface area contributed by atoms with Gasteiger partial charge < -0.3 is 7.38 Å². The molecule has 0 bridgehead atoms. The molecule has 0 radical (unpaired) electrons. The van der Waals surface area contributed by atoms with E-state index in [-0.39, 0.29) is 68.6 Å². The smallest absolute Gasteiger partial charge is 1.00 e. The summed E-state index contributed by atoms with van der Waals surface area (Å²) in [6.07, 6.45) is 6.63. The van der Waals surface area contributed by atoms with Crippen LogP contribution >= 0.6 is 7.82 Å². The molecule has 0 aliphatic carbocycles. The molecule has 0 saturated carbocycles. The van der Waals surface area contributed by atoms with E-state index in [9.17, 15) is 9.46 Å². The molecule has 1 N–H and O–H groups in total. The summed E-state index contributed by atoms with van der Waals surface area (Å²) in [6.45, 7) is 2.43. The van der Waals surface area contributed by atoms with E-state index in [1.165, 1.54) is 19.3 Å². The number of para-hydroxylation sites is 1. The van der Waals surface area contributed by atoms with Gasteiger partial charge in [-0.3, -0.25) is 9.42 Å². The number of benzene rings is 1. The quantitative estimate of drug-likeness (QED) is 0.331. The van der Waals surface area contributed by atoms with Crippen LogP contribution in [-0.4, -0.2) is 11.5 Å². The Kier molecular flexibility index (Phi) is 17.1. The van der Waals surface area contributed by atoms with Crippen LogP contribution in [0, 0.1) is 0 Å². The SMILES string of the molecule is CCCCCCCCOP(=O)(O)Oc1ccccc1.[H-].[H-].[Na+].[Na+]. The molecule has 1 aromatic carbocycles. The van der Waals surface area contributed by atoms with Crippen molar-refractivity contribution in [3.63, 3.8) is 0 Å². The van der Waals surface area contributed by atoms with E-state index in [0.29, 0.717) is 5.75 Å². The summed E-state index contributed by atoms with van der Waals surface area (Å²) in [5.74, 6) is 0.344. The second kappa shape index (κ2) is 14.7. The van der Waals surface area contributed by atoms with E-state index in [1.54, 1.807) is 24.3 Å². The Morgan fingerprint density at radius 1 is 1.05 bits per heavy atom. The van der Waals surface area contributed by atoms with Crippen LogP contribution in [-0.2, 0) is 9.09 Å². The molecule has 0 fully saturated rings. The molecule has 0 amide bonds. The van der Waals surface area contributed by atoms with Gasteiger partial charge in [0, 0.05) is 0 Å². The molecule has 4 nitrogen and oxygen atoms in total. The van der Waals surface area contributed by atoms with Gasteiger partial charge in [0.05, 0.1) is 6.61 Å². The number of rotatable bonds is 10. The molecule has 112 valence electrons. The molecule has 1 rings (SSSR count). The van der Waals surface area contributed by atoms with Crippen LogP contribution in [0.3, 0.4) is 0 Å². The fourth-order valence-corrected chi connectivity index (χ4v) is 2.50. The van der Waals surface area contributed by atoms with Crippen LogP contribution in [0.4, 0.5) is 0 Å². The Hall–Kier alpha value is 1.17. The predicted octanol–water partition coefficient (Wildman–Crippen LogP) is -1.22. The summed E-state index contributed by atoms with van der Waals surface area (Å²) in [5, 5.41) is 0. The Bertz CT molecular complexity index is 400. The zero-order valence-corrected chi connectivity index (χ0v) is 18.4. The molecule has 0 aliphatic heterocycles. The van der Waals surface area contributed by atoms with Crippen molar-refractivity contribution in [1.82, 2.24) is 0 Å². The average molecular weight is 334 g/mol. The van der Waals surface area contributed by atoms with Gasteiger partial charge in [-0.05, 0) is 18.6 Å². The predicted molar refractivity (Wildman–Crippen MR) is 78.4 cm³/mol. The van der Waals surface area contributed by atoms with Crippen LogP contribution in [0.15, 0.2) is 30.3 Å². The third kappa shape index (κ3) is 13.3.